The van der Waals surface area contributed by atoms with Crippen molar-refractivity contribution in [2.75, 3.05) is 24.0 Å². The molecule has 0 bridgehead atoms. The van der Waals surface area contributed by atoms with E-state index in [4.69, 9.17) is 10.9 Å². The van der Waals surface area contributed by atoms with Crippen LogP contribution in [0.3, 0.4) is 0 Å². The molecule has 112 valence electrons. The van der Waals surface area contributed by atoms with Crippen LogP contribution < -0.4 is 10.6 Å². The first-order valence-electron chi connectivity index (χ1n) is 6.47. The number of aromatic nitrogens is 2. The second kappa shape index (κ2) is 7.33. The van der Waals surface area contributed by atoms with Crippen LogP contribution in [0.4, 0.5) is 5.82 Å². The molecular weight excluding hydrogens is 274 g/mol. The smallest absolute Gasteiger partial charge is 0.174 e. The van der Waals surface area contributed by atoms with Crippen LogP contribution in [0.15, 0.2) is 5.16 Å². The molecule has 0 radical (unpaired) electrons. The zero-order valence-electron chi connectivity index (χ0n) is 12.7. The van der Waals surface area contributed by atoms with Crippen LogP contribution in [0.5, 0.6) is 0 Å². The normalized spacial score (nSPS) is 13.3. The monoisotopic (exact) mass is 297 g/mol. The molecule has 1 aromatic heterocycles. The summed E-state index contributed by atoms with van der Waals surface area (Å²) in [6, 6.07) is 0.295. The quantitative estimate of drug-likeness (QED) is 0.360. The van der Waals surface area contributed by atoms with E-state index in [1.165, 1.54) is 0 Å². The van der Waals surface area contributed by atoms with Crippen molar-refractivity contribution in [1.82, 2.24) is 10.2 Å². The maximum absolute atomic E-state index is 8.98. The Morgan fingerprint density at radius 1 is 1.45 bits per heavy atom. The van der Waals surface area contributed by atoms with Crippen LogP contribution in [0.1, 0.15) is 30.2 Å². The van der Waals surface area contributed by atoms with Gasteiger partial charge in [-0.2, -0.15) is 16.9 Å². The lowest BCUT2D eigenvalue weighted by Gasteiger charge is -2.27. The van der Waals surface area contributed by atoms with Gasteiger partial charge < -0.3 is 15.8 Å². The third-order valence-corrected chi connectivity index (χ3v) is 4.18. The summed E-state index contributed by atoms with van der Waals surface area (Å²) in [5.74, 6) is 1.79. The average Bonchev–Trinajstić information content (AvgIpc) is 2.45. The van der Waals surface area contributed by atoms with Gasteiger partial charge in [-0.3, -0.25) is 0 Å². The molecule has 0 aliphatic rings. The number of anilines is 1. The molecule has 0 aromatic carbocycles. The Bertz CT molecular complexity index is 492. The predicted octanol–water partition coefficient (Wildman–Crippen LogP) is 1.77. The first kappa shape index (κ1) is 16.6. The van der Waals surface area contributed by atoms with Gasteiger partial charge in [-0.1, -0.05) is 5.16 Å². The molecule has 1 heterocycles. The van der Waals surface area contributed by atoms with Crippen molar-refractivity contribution in [3.05, 3.63) is 16.8 Å². The molecule has 0 amide bonds. The standard InChI is InChI=1S/C13H23N5OS/c1-8(6-7-20-5)18(4)13-11(12(14)17-19)9(2)10(3)15-16-13/h8,19H,6-7H2,1-5H3,(H2,14,17). The summed E-state index contributed by atoms with van der Waals surface area (Å²) in [4.78, 5) is 2.03. The van der Waals surface area contributed by atoms with Crippen molar-refractivity contribution in [3.8, 4) is 0 Å². The molecule has 7 heteroatoms. The number of aryl methyl sites for hydroxylation is 1. The molecule has 0 saturated carbocycles. The Kier molecular flexibility index (Phi) is 6.06. The van der Waals surface area contributed by atoms with Crippen LogP contribution in [0, 0.1) is 13.8 Å². The van der Waals surface area contributed by atoms with Crippen molar-refractivity contribution in [2.24, 2.45) is 10.9 Å². The highest BCUT2D eigenvalue weighted by molar-refractivity contribution is 7.98. The van der Waals surface area contributed by atoms with Gasteiger partial charge in [0.15, 0.2) is 11.7 Å². The first-order valence-corrected chi connectivity index (χ1v) is 7.86. The number of hydrogen-bond acceptors (Lipinski definition) is 6. The Morgan fingerprint density at radius 2 is 2.10 bits per heavy atom. The molecule has 3 N–H and O–H groups in total. The van der Waals surface area contributed by atoms with E-state index < -0.39 is 0 Å². The highest BCUT2D eigenvalue weighted by atomic mass is 32.2. The molecule has 0 spiro atoms. The Balaban J connectivity index is 3.20. The zero-order valence-corrected chi connectivity index (χ0v) is 13.5. The summed E-state index contributed by atoms with van der Waals surface area (Å²) in [5, 5.41) is 20.5. The highest BCUT2D eigenvalue weighted by Crippen LogP contribution is 2.23. The van der Waals surface area contributed by atoms with Crippen LogP contribution >= 0.6 is 11.8 Å². The second-order valence-corrected chi connectivity index (χ2v) is 5.82. The van der Waals surface area contributed by atoms with Gasteiger partial charge in [0.1, 0.15) is 0 Å². The number of thioether (sulfide) groups is 1. The van der Waals surface area contributed by atoms with Gasteiger partial charge in [0.25, 0.3) is 0 Å². The summed E-state index contributed by atoms with van der Waals surface area (Å²) in [6.45, 7) is 5.89. The lowest BCUT2D eigenvalue weighted by molar-refractivity contribution is 0.318. The summed E-state index contributed by atoms with van der Waals surface area (Å²) >= 11 is 1.81. The molecular formula is C13H23N5OS. The molecule has 0 aliphatic heterocycles. The molecule has 0 fully saturated rings. The minimum absolute atomic E-state index is 0.0689. The lowest BCUT2D eigenvalue weighted by Crippen LogP contribution is -2.33. The number of rotatable bonds is 6. The minimum Gasteiger partial charge on any atom is -0.409 e. The maximum Gasteiger partial charge on any atom is 0.174 e. The minimum atomic E-state index is 0.0689. The summed E-state index contributed by atoms with van der Waals surface area (Å²) in [5.41, 5.74) is 8.12. The van der Waals surface area contributed by atoms with E-state index in [1.54, 1.807) is 0 Å². The van der Waals surface area contributed by atoms with Gasteiger partial charge in [-0.25, -0.2) is 0 Å². The van der Waals surface area contributed by atoms with E-state index in [0.29, 0.717) is 17.4 Å². The fraction of sp³-hybridized carbons (Fsp3) is 0.615. The first-order chi connectivity index (χ1) is 9.43. The van der Waals surface area contributed by atoms with Crippen LogP contribution in [-0.2, 0) is 0 Å². The number of oxime groups is 1. The van der Waals surface area contributed by atoms with Crippen molar-refractivity contribution < 1.29 is 5.21 Å². The molecule has 20 heavy (non-hydrogen) atoms. The Labute approximate surface area is 124 Å². The topological polar surface area (TPSA) is 87.6 Å². The summed E-state index contributed by atoms with van der Waals surface area (Å²) in [6.07, 6.45) is 3.12. The highest BCUT2D eigenvalue weighted by Gasteiger charge is 2.21. The molecule has 1 aromatic rings. The van der Waals surface area contributed by atoms with Crippen molar-refractivity contribution in [2.45, 2.75) is 33.2 Å². The van der Waals surface area contributed by atoms with Crippen LogP contribution in [0.25, 0.3) is 0 Å². The van der Waals surface area contributed by atoms with E-state index in [2.05, 4.69) is 28.5 Å². The van der Waals surface area contributed by atoms with E-state index >= 15 is 0 Å². The fourth-order valence-electron chi connectivity index (χ4n) is 1.89. The maximum atomic E-state index is 8.98. The Hall–Kier alpha value is -1.50. The van der Waals surface area contributed by atoms with Crippen LogP contribution in [-0.4, -0.2) is 46.3 Å². The van der Waals surface area contributed by atoms with E-state index in [9.17, 15) is 0 Å². The average molecular weight is 297 g/mol. The van der Waals surface area contributed by atoms with Gasteiger partial charge in [-0.05, 0) is 44.8 Å². The molecule has 1 unspecified atom stereocenters. The van der Waals surface area contributed by atoms with Gasteiger partial charge in [-0.15, -0.1) is 5.10 Å². The van der Waals surface area contributed by atoms with E-state index in [-0.39, 0.29) is 5.84 Å². The second-order valence-electron chi connectivity index (χ2n) is 4.84. The van der Waals surface area contributed by atoms with Crippen molar-refractivity contribution in [3.63, 3.8) is 0 Å². The fourth-order valence-corrected chi connectivity index (χ4v) is 2.47. The SMILES string of the molecule is CSCCC(C)N(C)c1nnc(C)c(C)c1C(N)=NO. The van der Waals surface area contributed by atoms with Crippen molar-refractivity contribution in [1.29, 1.82) is 0 Å². The van der Waals surface area contributed by atoms with Gasteiger partial charge in [0, 0.05) is 13.1 Å². The molecule has 6 nitrogen and oxygen atoms in total. The van der Waals surface area contributed by atoms with Gasteiger partial charge >= 0.3 is 0 Å². The molecule has 1 atom stereocenters. The summed E-state index contributed by atoms with van der Waals surface area (Å²) < 4.78 is 0. The number of hydrogen-bond donors (Lipinski definition) is 2. The lowest BCUT2D eigenvalue weighted by atomic mass is 10.1. The molecule has 0 aliphatic carbocycles. The van der Waals surface area contributed by atoms with Gasteiger partial charge in [0.05, 0.1) is 11.3 Å². The Morgan fingerprint density at radius 3 is 2.65 bits per heavy atom. The zero-order chi connectivity index (χ0) is 15.3. The van der Waals surface area contributed by atoms with E-state index in [1.807, 2.05) is 37.6 Å². The van der Waals surface area contributed by atoms with Crippen molar-refractivity contribution >= 4 is 23.4 Å². The summed E-state index contributed by atoms with van der Waals surface area (Å²) in [7, 11) is 1.96. The molecule has 0 saturated heterocycles. The molecule has 1 rings (SSSR count). The van der Waals surface area contributed by atoms with E-state index in [0.717, 1.165) is 23.4 Å². The number of nitrogens with two attached hydrogens (primary N) is 1. The van der Waals surface area contributed by atoms with Gasteiger partial charge in [0.2, 0.25) is 0 Å². The number of nitrogens with zero attached hydrogens (tertiary/aromatic N) is 4. The third-order valence-electron chi connectivity index (χ3n) is 3.53. The predicted molar refractivity (Wildman–Crippen MR) is 84.9 cm³/mol. The largest absolute Gasteiger partial charge is 0.409 e. The number of amidine groups is 1. The third kappa shape index (κ3) is 3.53. The van der Waals surface area contributed by atoms with Crippen LogP contribution in [0.2, 0.25) is 0 Å².